The van der Waals surface area contributed by atoms with Gasteiger partial charge in [0.2, 0.25) is 5.13 Å². The molecule has 0 aliphatic carbocycles. The van der Waals surface area contributed by atoms with Gasteiger partial charge in [0.1, 0.15) is 10.8 Å². The van der Waals surface area contributed by atoms with Gasteiger partial charge in [-0.25, -0.2) is 4.39 Å². The fraction of sp³-hybridized carbons (Fsp3) is 0.364. The number of rotatable bonds is 4. The van der Waals surface area contributed by atoms with Gasteiger partial charge in [-0.1, -0.05) is 18.3 Å². The van der Waals surface area contributed by atoms with Crippen molar-refractivity contribution in [1.82, 2.24) is 15.2 Å². The highest BCUT2D eigenvalue weighted by molar-refractivity contribution is 7.15. The highest BCUT2D eigenvalue weighted by Crippen LogP contribution is 2.21. The zero-order valence-corrected chi connectivity index (χ0v) is 10.5. The average Bonchev–Trinajstić information content (AvgIpc) is 2.77. The van der Waals surface area contributed by atoms with Crippen LogP contribution in [0.15, 0.2) is 18.3 Å². The highest BCUT2D eigenvalue weighted by atomic mass is 32.1. The molecule has 0 spiro atoms. The lowest BCUT2D eigenvalue weighted by atomic mass is 10.2. The lowest BCUT2D eigenvalue weighted by molar-refractivity contribution is 0.617. The van der Waals surface area contributed by atoms with Crippen LogP contribution in [0, 0.1) is 5.82 Å². The number of anilines is 1. The van der Waals surface area contributed by atoms with Gasteiger partial charge in [0.05, 0.1) is 17.9 Å². The lowest BCUT2D eigenvalue weighted by Gasteiger charge is -2.11. The summed E-state index contributed by atoms with van der Waals surface area (Å²) in [7, 11) is 0. The van der Waals surface area contributed by atoms with Gasteiger partial charge in [0.25, 0.3) is 0 Å². The maximum atomic E-state index is 12.7. The SMILES string of the molecule is CCc1nnc(NC(C)c2ccc(F)cn2)s1. The minimum Gasteiger partial charge on any atom is -0.352 e. The van der Waals surface area contributed by atoms with Gasteiger partial charge >= 0.3 is 0 Å². The largest absolute Gasteiger partial charge is 0.352 e. The first kappa shape index (κ1) is 11.9. The average molecular weight is 252 g/mol. The van der Waals surface area contributed by atoms with Crippen LogP contribution in [0.3, 0.4) is 0 Å². The Bertz CT molecular complexity index is 482. The van der Waals surface area contributed by atoms with E-state index < -0.39 is 0 Å². The lowest BCUT2D eigenvalue weighted by Crippen LogP contribution is -2.08. The van der Waals surface area contributed by atoms with Crippen molar-refractivity contribution in [2.75, 3.05) is 5.32 Å². The molecule has 2 rings (SSSR count). The van der Waals surface area contributed by atoms with Crippen LogP contribution >= 0.6 is 11.3 Å². The van der Waals surface area contributed by atoms with Crippen LogP contribution < -0.4 is 5.32 Å². The van der Waals surface area contributed by atoms with E-state index in [1.54, 1.807) is 6.07 Å². The molecule has 1 atom stereocenters. The molecule has 0 fully saturated rings. The minimum atomic E-state index is -0.329. The highest BCUT2D eigenvalue weighted by Gasteiger charge is 2.09. The topological polar surface area (TPSA) is 50.7 Å². The number of aromatic nitrogens is 3. The van der Waals surface area contributed by atoms with Gasteiger partial charge in [-0.15, -0.1) is 10.2 Å². The molecule has 0 bridgehead atoms. The Hall–Kier alpha value is -1.56. The third-order valence-electron chi connectivity index (χ3n) is 2.30. The molecule has 2 aromatic heterocycles. The summed E-state index contributed by atoms with van der Waals surface area (Å²) in [4.78, 5) is 4.02. The van der Waals surface area contributed by atoms with E-state index in [2.05, 4.69) is 20.5 Å². The van der Waals surface area contributed by atoms with Crippen LogP contribution in [0.5, 0.6) is 0 Å². The standard InChI is InChI=1S/C11H13FN4S/c1-3-10-15-16-11(17-10)14-7(2)9-5-4-8(12)6-13-9/h4-7H,3H2,1-2H3,(H,14,16). The molecule has 2 aromatic rings. The van der Waals surface area contributed by atoms with Crippen molar-refractivity contribution < 1.29 is 4.39 Å². The first-order valence-electron chi connectivity index (χ1n) is 5.39. The maximum absolute atomic E-state index is 12.7. The van der Waals surface area contributed by atoms with E-state index in [1.807, 2.05) is 13.8 Å². The molecule has 0 amide bonds. The van der Waals surface area contributed by atoms with Crippen molar-refractivity contribution in [1.29, 1.82) is 0 Å². The van der Waals surface area contributed by atoms with Crippen LogP contribution in [-0.2, 0) is 6.42 Å². The summed E-state index contributed by atoms with van der Waals surface area (Å²) in [6, 6.07) is 3.04. The summed E-state index contributed by atoms with van der Waals surface area (Å²) in [5.41, 5.74) is 0.777. The summed E-state index contributed by atoms with van der Waals surface area (Å²) in [5.74, 6) is -0.329. The van der Waals surface area contributed by atoms with E-state index in [0.29, 0.717) is 0 Å². The molecule has 1 unspecified atom stereocenters. The second kappa shape index (κ2) is 5.18. The van der Waals surface area contributed by atoms with E-state index >= 15 is 0 Å². The van der Waals surface area contributed by atoms with Gasteiger partial charge < -0.3 is 5.32 Å². The van der Waals surface area contributed by atoms with Crippen molar-refractivity contribution in [3.05, 3.63) is 34.8 Å². The number of halogens is 1. The number of aryl methyl sites for hydroxylation is 1. The Morgan fingerprint density at radius 1 is 1.41 bits per heavy atom. The predicted octanol–water partition coefficient (Wildman–Crippen LogP) is 2.81. The van der Waals surface area contributed by atoms with Gasteiger partial charge in [0, 0.05) is 0 Å². The molecule has 2 heterocycles. The summed E-state index contributed by atoms with van der Waals surface area (Å²) in [5, 5.41) is 13.0. The molecule has 6 heteroatoms. The Morgan fingerprint density at radius 3 is 2.82 bits per heavy atom. The molecular weight excluding hydrogens is 239 g/mol. The number of hydrogen-bond acceptors (Lipinski definition) is 5. The van der Waals surface area contributed by atoms with Crippen LogP contribution in [0.1, 0.15) is 30.6 Å². The third-order valence-corrected chi connectivity index (χ3v) is 3.30. The Labute approximate surface area is 103 Å². The van der Waals surface area contributed by atoms with E-state index in [9.17, 15) is 4.39 Å². The Balaban J connectivity index is 2.05. The zero-order chi connectivity index (χ0) is 12.3. The second-order valence-corrected chi connectivity index (χ2v) is 4.68. The van der Waals surface area contributed by atoms with Crippen molar-refractivity contribution in [2.45, 2.75) is 26.3 Å². The van der Waals surface area contributed by atoms with Crippen molar-refractivity contribution in [3.63, 3.8) is 0 Å². The van der Waals surface area contributed by atoms with E-state index in [-0.39, 0.29) is 11.9 Å². The zero-order valence-electron chi connectivity index (χ0n) is 9.64. The number of pyridine rings is 1. The molecule has 4 nitrogen and oxygen atoms in total. The van der Waals surface area contributed by atoms with Gasteiger partial charge in [0.15, 0.2) is 0 Å². The molecule has 0 aromatic carbocycles. The van der Waals surface area contributed by atoms with Crippen molar-refractivity contribution in [2.24, 2.45) is 0 Å². The number of hydrogen-bond donors (Lipinski definition) is 1. The fourth-order valence-corrected chi connectivity index (χ4v) is 2.12. The number of nitrogens with zero attached hydrogens (tertiary/aromatic N) is 3. The first-order valence-corrected chi connectivity index (χ1v) is 6.21. The molecule has 0 radical (unpaired) electrons. The summed E-state index contributed by atoms with van der Waals surface area (Å²) in [6.45, 7) is 3.99. The van der Waals surface area contributed by atoms with Gasteiger partial charge in [-0.3, -0.25) is 4.98 Å². The molecule has 17 heavy (non-hydrogen) atoms. The summed E-state index contributed by atoms with van der Waals surface area (Å²) < 4.78 is 12.7. The molecule has 0 aliphatic heterocycles. The smallest absolute Gasteiger partial charge is 0.206 e. The van der Waals surface area contributed by atoms with Crippen LogP contribution in [0.4, 0.5) is 9.52 Å². The van der Waals surface area contributed by atoms with Gasteiger partial charge in [-0.2, -0.15) is 0 Å². The summed E-state index contributed by atoms with van der Waals surface area (Å²) in [6.07, 6.45) is 2.09. The quantitative estimate of drug-likeness (QED) is 0.909. The number of nitrogens with one attached hydrogen (secondary N) is 1. The van der Waals surface area contributed by atoms with Crippen molar-refractivity contribution in [3.8, 4) is 0 Å². The monoisotopic (exact) mass is 252 g/mol. The molecule has 0 saturated carbocycles. The Kier molecular flexibility index (Phi) is 3.63. The third kappa shape index (κ3) is 2.97. The normalized spacial score (nSPS) is 12.4. The summed E-state index contributed by atoms with van der Waals surface area (Å²) >= 11 is 1.52. The van der Waals surface area contributed by atoms with Crippen LogP contribution in [0.2, 0.25) is 0 Å². The molecule has 90 valence electrons. The Morgan fingerprint density at radius 2 is 2.24 bits per heavy atom. The van der Waals surface area contributed by atoms with Crippen molar-refractivity contribution >= 4 is 16.5 Å². The van der Waals surface area contributed by atoms with Crippen LogP contribution in [-0.4, -0.2) is 15.2 Å². The molecule has 0 saturated heterocycles. The molecule has 0 aliphatic rings. The fourth-order valence-electron chi connectivity index (χ4n) is 1.36. The van der Waals surface area contributed by atoms with Crippen LogP contribution in [0.25, 0.3) is 0 Å². The van der Waals surface area contributed by atoms with Gasteiger partial charge in [-0.05, 0) is 25.5 Å². The second-order valence-electron chi connectivity index (χ2n) is 3.62. The van der Waals surface area contributed by atoms with E-state index in [0.717, 1.165) is 22.3 Å². The molecule has 1 N–H and O–H groups in total. The first-order chi connectivity index (χ1) is 8.19. The van der Waals surface area contributed by atoms with E-state index in [1.165, 1.54) is 23.6 Å². The maximum Gasteiger partial charge on any atom is 0.206 e. The molecular formula is C11H13FN4S. The van der Waals surface area contributed by atoms with E-state index in [4.69, 9.17) is 0 Å². The predicted molar refractivity (Wildman–Crippen MR) is 65.5 cm³/mol. The minimum absolute atomic E-state index is 0.0201.